The molecule has 2 unspecified atom stereocenters. The molecule has 25 heavy (non-hydrogen) atoms. The number of aldehydes is 1. The van der Waals surface area contributed by atoms with Crippen molar-refractivity contribution in [3.8, 4) is 0 Å². The average molecular weight is 351 g/mol. The molecule has 1 aliphatic rings. The summed E-state index contributed by atoms with van der Waals surface area (Å²) in [4.78, 5) is 24.4. The first-order chi connectivity index (χ1) is 11.7. The van der Waals surface area contributed by atoms with E-state index in [9.17, 15) is 14.0 Å². The first-order valence-corrected chi connectivity index (χ1v) is 8.61. The van der Waals surface area contributed by atoms with Crippen LogP contribution in [0.4, 0.5) is 4.39 Å². The number of amides is 1. The minimum atomic E-state index is -0.530. The van der Waals surface area contributed by atoms with Crippen molar-refractivity contribution in [2.24, 2.45) is 11.1 Å². The number of benzene rings is 1. The predicted molar refractivity (Wildman–Crippen MR) is 97.4 cm³/mol. The summed E-state index contributed by atoms with van der Waals surface area (Å²) in [5.41, 5.74) is 6.73. The Morgan fingerprint density at radius 2 is 2.00 bits per heavy atom. The Bertz CT molecular complexity index is 555. The number of carbonyl (C=O) groups is 2. The molecule has 1 amide bonds. The molecule has 0 spiro atoms. The summed E-state index contributed by atoms with van der Waals surface area (Å²) in [7, 11) is 1.86. The van der Waals surface area contributed by atoms with Gasteiger partial charge in [-0.3, -0.25) is 4.79 Å². The molecule has 1 fully saturated rings. The molecule has 0 saturated carbocycles. The lowest BCUT2D eigenvalue weighted by atomic mass is 9.86. The van der Waals surface area contributed by atoms with Gasteiger partial charge in [0.05, 0.1) is 12.1 Å². The second-order valence-corrected chi connectivity index (χ2v) is 7.38. The molecule has 0 radical (unpaired) electrons. The fourth-order valence-electron chi connectivity index (χ4n) is 2.56. The zero-order valence-electron chi connectivity index (χ0n) is 15.6. The van der Waals surface area contributed by atoms with Crippen molar-refractivity contribution >= 4 is 12.2 Å². The van der Waals surface area contributed by atoms with Gasteiger partial charge in [-0.1, -0.05) is 32.9 Å². The number of nitrogens with two attached hydrogens (primary N) is 1. The van der Waals surface area contributed by atoms with Gasteiger partial charge in [0, 0.05) is 13.1 Å². The lowest BCUT2D eigenvalue weighted by Gasteiger charge is -2.31. The molecule has 0 aromatic heterocycles. The van der Waals surface area contributed by atoms with E-state index in [1.165, 1.54) is 12.1 Å². The molecule has 1 aromatic carbocycles. The van der Waals surface area contributed by atoms with Gasteiger partial charge in [-0.15, -0.1) is 0 Å². The van der Waals surface area contributed by atoms with E-state index in [1.807, 2.05) is 27.8 Å². The van der Waals surface area contributed by atoms with Gasteiger partial charge in [-0.25, -0.2) is 4.39 Å². The molecular formula is C19H30FN3O2. The second-order valence-electron chi connectivity index (χ2n) is 7.38. The fourth-order valence-corrected chi connectivity index (χ4v) is 2.56. The first-order valence-electron chi connectivity index (χ1n) is 8.61. The third-order valence-electron chi connectivity index (χ3n) is 4.23. The van der Waals surface area contributed by atoms with E-state index in [0.29, 0.717) is 6.54 Å². The standard InChI is InChI=1S/C11H20N2O2.C8H10FN/c1-11(2,3)9(12)10(15)13-6-4-5-8(13)7-14;1-10-6-7-2-4-8(9)5-3-7/h7-9H,4-6,12H2,1-3H3;2-5,10H,6H2,1H3. The molecule has 1 saturated heterocycles. The van der Waals surface area contributed by atoms with E-state index < -0.39 is 6.04 Å². The molecule has 3 N–H and O–H groups in total. The molecule has 2 rings (SSSR count). The summed E-state index contributed by atoms with van der Waals surface area (Å²) in [6.45, 7) is 7.25. The zero-order chi connectivity index (χ0) is 19.0. The Hall–Kier alpha value is -1.79. The normalized spacial score (nSPS) is 18.3. The molecule has 0 bridgehead atoms. The minimum absolute atomic E-state index is 0.0999. The lowest BCUT2D eigenvalue weighted by molar-refractivity contribution is -0.137. The third-order valence-corrected chi connectivity index (χ3v) is 4.23. The van der Waals surface area contributed by atoms with Gasteiger partial charge in [0.25, 0.3) is 0 Å². The van der Waals surface area contributed by atoms with E-state index in [2.05, 4.69) is 5.32 Å². The van der Waals surface area contributed by atoms with Crippen LogP contribution in [0.25, 0.3) is 0 Å². The number of rotatable bonds is 4. The zero-order valence-corrected chi connectivity index (χ0v) is 15.6. The Morgan fingerprint density at radius 3 is 2.48 bits per heavy atom. The van der Waals surface area contributed by atoms with Crippen molar-refractivity contribution in [1.82, 2.24) is 10.2 Å². The van der Waals surface area contributed by atoms with Crippen LogP contribution >= 0.6 is 0 Å². The highest BCUT2D eigenvalue weighted by atomic mass is 19.1. The van der Waals surface area contributed by atoms with Crippen LogP contribution in [0.15, 0.2) is 24.3 Å². The number of nitrogens with one attached hydrogen (secondary N) is 1. The maximum atomic E-state index is 12.3. The Morgan fingerprint density at radius 1 is 1.40 bits per heavy atom. The van der Waals surface area contributed by atoms with Gasteiger partial charge in [0.15, 0.2) is 0 Å². The van der Waals surface area contributed by atoms with Crippen LogP contribution in [0.3, 0.4) is 0 Å². The van der Waals surface area contributed by atoms with Crippen molar-refractivity contribution in [1.29, 1.82) is 0 Å². The number of hydrogen-bond donors (Lipinski definition) is 2. The van der Waals surface area contributed by atoms with E-state index >= 15 is 0 Å². The molecular weight excluding hydrogens is 321 g/mol. The number of hydrogen-bond acceptors (Lipinski definition) is 4. The molecule has 1 heterocycles. The van der Waals surface area contributed by atoms with Gasteiger partial charge in [-0.05, 0) is 43.0 Å². The van der Waals surface area contributed by atoms with E-state index in [1.54, 1.807) is 17.0 Å². The Labute approximate surface area is 149 Å². The number of likely N-dealkylation sites (tertiary alicyclic amines) is 1. The number of halogens is 1. The van der Waals surface area contributed by atoms with Crippen LogP contribution in [0.5, 0.6) is 0 Å². The fraction of sp³-hybridized carbons (Fsp3) is 0.579. The van der Waals surface area contributed by atoms with Crippen molar-refractivity contribution in [3.05, 3.63) is 35.6 Å². The van der Waals surface area contributed by atoms with Crippen LogP contribution < -0.4 is 11.1 Å². The van der Waals surface area contributed by atoms with Crippen molar-refractivity contribution < 1.29 is 14.0 Å². The second kappa shape index (κ2) is 9.63. The van der Waals surface area contributed by atoms with Crippen molar-refractivity contribution in [3.63, 3.8) is 0 Å². The molecule has 5 nitrogen and oxygen atoms in total. The predicted octanol–water partition coefficient (Wildman–Crippen LogP) is 2.09. The van der Waals surface area contributed by atoms with Gasteiger partial charge in [0.1, 0.15) is 12.1 Å². The van der Waals surface area contributed by atoms with E-state index in [4.69, 9.17) is 5.73 Å². The summed E-state index contributed by atoms with van der Waals surface area (Å²) in [5.74, 6) is -0.281. The molecule has 140 valence electrons. The van der Waals surface area contributed by atoms with Gasteiger partial charge in [-0.2, -0.15) is 0 Å². The van der Waals surface area contributed by atoms with Crippen LogP contribution in [-0.2, 0) is 16.1 Å². The van der Waals surface area contributed by atoms with Crippen LogP contribution in [-0.4, -0.2) is 42.8 Å². The Balaban J connectivity index is 0.000000271. The quantitative estimate of drug-likeness (QED) is 0.815. The molecule has 1 aromatic rings. The van der Waals surface area contributed by atoms with Crippen molar-refractivity contribution in [2.45, 2.75) is 52.2 Å². The maximum Gasteiger partial charge on any atom is 0.240 e. The topological polar surface area (TPSA) is 75.4 Å². The first kappa shape index (κ1) is 21.3. The average Bonchev–Trinajstić information content (AvgIpc) is 3.04. The van der Waals surface area contributed by atoms with Crippen LogP contribution in [0.2, 0.25) is 0 Å². The summed E-state index contributed by atoms with van der Waals surface area (Å²) >= 11 is 0. The van der Waals surface area contributed by atoms with Gasteiger partial charge in [0.2, 0.25) is 5.91 Å². The smallest absolute Gasteiger partial charge is 0.240 e. The number of carbonyl (C=O) groups excluding carboxylic acids is 2. The summed E-state index contributed by atoms with van der Waals surface area (Å²) in [5, 5.41) is 2.98. The van der Waals surface area contributed by atoms with Gasteiger partial charge < -0.3 is 20.7 Å². The van der Waals surface area contributed by atoms with E-state index in [-0.39, 0.29) is 23.2 Å². The summed E-state index contributed by atoms with van der Waals surface area (Å²) in [6.07, 6.45) is 2.51. The lowest BCUT2D eigenvalue weighted by Crippen LogP contribution is -2.52. The molecule has 6 heteroatoms. The van der Waals surface area contributed by atoms with Crippen LogP contribution in [0, 0.1) is 11.2 Å². The highest BCUT2D eigenvalue weighted by Crippen LogP contribution is 2.23. The Kier molecular flexibility index (Phi) is 8.19. The molecule has 2 atom stereocenters. The highest BCUT2D eigenvalue weighted by molar-refractivity contribution is 5.85. The number of nitrogens with zero attached hydrogens (tertiary/aromatic N) is 1. The van der Waals surface area contributed by atoms with E-state index in [0.717, 1.165) is 31.2 Å². The molecule has 1 aliphatic heterocycles. The van der Waals surface area contributed by atoms with Crippen LogP contribution in [0.1, 0.15) is 39.2 Å². The maximum absolute atomic E-state index is 12.3. The third kappa shape index (κ3) is 6.55. The summed E-state index contributed by atoms with van der Waals surface area (Å²) in [6, 6.07) is 5.68. The van der Waals surface area contributed by atoms with Crippen molar-refractivity contribution in [2.75, 3.05) is 13.6 Å². The van der Waals surface area contributed by atoms with Gasteiger partial charge >= 0.3 is 0 Å². The summed E-state index contributed by atoms with van der Waals surface area (Å²) < 4.78 is 12.3. The SMILES string of the molecule is CC(C)(C)C(N)C(=O)N1CCCC1C=O.CNCc1ccc(F)cc1. The highest BCUT2D eigenvalue weighted by Gasteiger charge is 2.36. The largest absolute Gasteiger partial charge is 0.332 e. The molecule has 0 aliphatic carbocycles. The minimum Gasteiger partial charge on any atom is -0.332 e. The monoisotopic (exact) mass is 351 g/mol.